The Morgan fingerprint density at radius 1 is 1.00 bits per heavy atom. The first-order valence-electron chi connectivity index (χ1n) is 10.0. The number of carbonyl (C=O) groups is 1. The van der Waals surface area contributed by atoms with Crippen LogP contribution in [0.3, 0.4) is 0 Å². The Bertz CT molecular complexity index is 1250. The van der Waals surface area contributed by atoms with Crippen LogP contribution in [0.4, 0.5) is 0 Å². The van der Waals surface area contributed by atoms with Crippen LogP contribution in [0.15, 0.2) is 63.5 Å². The lowest BCUT2D eigenvalue weighted by Gasteiger charge is -2.30. The highest BCUT2D eigenvalue weighted by Crippen LogP contribution is 2.35. The number of fused-ring (bicyclic) bond motifs is 1. The summed E-state index contributed by atoms with van der Waals surface area (Å²) in [5, 5.41) is 12.2. The van der Waals surface area contributed by atoms with Crippen molar-refractivity contribution >= 4 is 5.97 Å². The van der Waals surface area contributed by atoms with Crippen molar-refractivity contribution in [2.24, 2.45) is 0 Å². The molecule has 0 bridgehead atoms. The second-order valence-corrected chi connectivity index (χ2v) is 7.25. The van der Waals surface area contributed by atoms with Gasteiger partial charge in [-0.1, -0.05) is 47.6 Å². The van der Waals surface area contributed by atoms with E-state index in [1.165, 1.54) is 0 Å². The third kappa shape index (κ3) is 3.68. The molecule has 0 radical (unpaired) electrons. The number of aryl methyl sites for hydroxylation is 1. The molecule has 0 amide bonds. The number of para-hydroxylation sites is 2. The summed E-state index contributed by atoms with van der Waals surface area (Å²) in [4.78, 5) is 12.6. The molecule has 4 aromatic rings. The molecule has 0 spiro atoms. The van der Waals surface area contributed by atoms with Crippen molar-refractivity contribution in [2.45, 2.75) is 32.7 Å². The topological polar surface area (TPSA) is 110 Å². The molecule has 162 valence electrons. The maximum absolute atomic E-state index is 12.6. The van der Waals surface area contributed by atoms with E-state index in [-0.39, 0.29) is 18.4 Å². The molecule has 2 aromatic heterocycles. The number of ether oxygens (including phenoxy) is 3. The summed E-state index contributed by atoms with van der Waals surface area (Å²) in [6, 6.07) is 16.7. The van der Waals surface area contributed by atoms with Crippen LogP contribution in [0.25, 0.3) is 22.7 Å². The molecule has 2 aromatic carbocycles. The number of esters is 1. The van der Waals surface area contributed by atoms with Crippen LogP contribution in [-0.2, 0) is 16.1 Å². The number of nitrogens with zero attached hydrogens (tertiary/aromatic N) is 3. The minimum absolute atomic E-state index is 0.137. The van der Waals surface area contributed by atoms with E-state index in [0.29, 0.717) is 28.5 Å². The van der Waals surface area contributed by atoms with Gasteiger partial charge in [0, 0.05) is 5.56 Å². The Labute approximate surface area is 182 Å². The van der Waals surface area contributed by atoms with E-state index in [0.717, 1.165) is 5.56 Å². The molecule has 0 fully saturated rings. The zero-order chi connectivity index (χ0) is 22.1. The quantitative estimate of drug-likeness (QED) is 0.432. The van der Waals surface area contributed by atoms with E-state index < -0.39 is 18.2 Å². The van der Waals surface area contributed by atoms with Crippen LogP contribution in [0.1, 0.15) is 18.6 Å². The molecular weight excluding hydrogens is 414 g/mol. The normalized spacial score (nSPS) is 17.2. The molecule has 0 aliphatic carbocycles. The Morgan fingerprint density at radius 2 is 1.72 bits per heavy atom. The van der Waals surface area contributed by atoms with Crippen LogP contribution < -0.4 is 9.47 Å². The number of hydrogen-bond acceptors (Lipinski definition) is 9. The predicted molar refractivity (Wildman–Crippen MR) is 111 cm³/mol. The fourth-order valence-electron chi connectivity index (χ4n) is 3.42. The summed E-state index contributed by atoms with van der Waals surface area (Å²) in [5.74, 6) is 1.40. The van der Waals surface area contributed by atoms with Gasteiger partial charge in [0.1, 0.15) is 23.1 Å². The molecule has 32 heavy (non-hydrogen) atoms. The molecule has 0 saturated carbocycles. The van der Waals surface area contributed by atoms with Gasteiger partial charge >= 0.3 is 5.97 Å². The third-order valence-electron chi connectivity index (χ3n) is 5.00. The Morgan fingerprint density at radius 3 is 2.50 bits per heavy atom. The van der Waals surface area contributed by atoms with Crippen molar-refractivity contribution in [2.75, 3.05) is 0 Å². The largest absolute Gasteiger partial charge is 0.482 e. The predicted octanol–water partition coefficient (Wildman–Crippen LogP) is 3.97. The van der Waals surface area contributed by atoms with Gasteiger partial charge in [0.25, 0.3) is 11.8 Å². The van der Waals surface area contributed by atoms with Gasteiger partial charge in [-0.3, -0.25) is 0 Å². The first kappa shape index (κ1) is 19.8. The lowest BCUT2D eigenvalue weighted by molar-refractivity contribution is -0.159. The second-order valence-electron chi connectivity index (χ2n) is 7.25. The molecule has 0 N–H and O–H groups in total. The van der Waals surface area contributed by atoms with Crippen LogP contribution >= 0.6 is 0 Å². The number of carbonyl (C=O) groups excluding carboxylic acids is 1. The lowest BCUT2D eigenvalue weighted by Crippen LogP contribution is -2.44. The van der Waals surface area contributed by atoms with E-state index in [4.69, 9.17) is 23.2 Å². The summed E-state index contributed by atoms with van der Waals surface area (Å²) in [6.45, 7) is 3.30. The van der Waals surface area contributed by atoms with Crippen LogP contribution in [0.2, 0.25) is 0 Å². The maximum atomic E-state index is 12.6. The fourth-order valence-corrected chi connectivity index (χ4v) is 3.42. The SMILES string of the molecule is Cc1onc(-c2ccccc2)c1-c1nnc(COC(=O)[C@H]2Oc3ccccc3O[C@@H]2C)o1. The van der Waals surface area contributed by atoms with E-state index in [9.17, 15) is 4.79 Å². The van der Waals surface area contributed by atoms with Crippen molar-refractivity contribution in [3.05, 3.63) is 66.2 Å². The average Bonchev–Trinajstić information content (AvgIpc) is 3.43. The van der Waals surface area contributed by atoms with Gasteiger partial charge in [-0.15, -0.1) is 10.2 Å². The monoisotopic (exact) mass is 433 g/mol. The highest BCUT2D eigenvalue weighted by molar-refractivity contribution is 5.78. The van der Waals surface area contributed by atoms with Crippen molar-refractivity contribution in [1.82, 2.24) is 15.4 Å². The van der Waals surface area contributed by atoms with E-state index in [1.807, 2.05) is 36.4 Å². The van der Waals surface area contributed by atoms with Gasteiger partial charge in [-0.05, 0) is 26.0 Å². The van der Waals surface area contributed by atoms with Gasteiger partial charge in [0.2, 0.25) is 6.10 Å². The molecule has 2 atom stereocenters. The highest BCUT2D eigenvalue weighted by atomic mass is 16.6. The van der Waals surface area contributed by atoms with Crippen molar-refractivity contribution in [3.63, 3.8) is 0 Å². The summed E-state index contributed by atoms with van der Waals surface area (Å²) in [7, 11) is 0. The zero-order valence-corrected chi connectivity index (χ0v) is 17.3. The Hall–Kier alpha value is -4.14. The van der Waals surface area contributed by atoms with Gasteiger partial charge < -0.3 is 23.2 Å². The molecule has 3 heterocycles. The molecule has 9 nitrogen and oxygen atoms in total. The summed E-state index contributed by atoms with van der Waals surface area (Å²) < 4.78 is 27.9. The minimum Gasteiger partial charge on any atom is -0.482 e. The summed E-state index contributed by atoms with van der Waals surface area (Å²) in [5.41, 5.74) is 2.04. The highest BCUT2D eigenvalue weighted by Gasteiger charge is 2.35. The summed E-state index contributed by atoms with van der Waals surface area (Å²) >= 11 is 0. The second kappa shape index (κ2) is 8.18. The first-order chi connectivity index (χ1) is 15.6. The number of benzene rings is 2. The molecule has 0 unspecified atom stereocenters. The number of hydrogen-bond donors (Lipinski definition) is 0. The molecule has 1 aliphatic rings. The standard InChI is InChI=1S/C23H19N3O6/c1-13-19(20(26-32-13)15-8-4-3-5-9-15)22-25-24-18(31-22)12-28-23(27)21-14(2)29-16-10-6-7-11-17(16)30-21/h3-11,14,21H,12H2,1-2H3/t14-,21+/m1/s1. The van der Waals surface area contributed by atoms with Crippen LogP contribution in [0.5, 0.6) is 11.5 Å². The Balaban J connectivity index is 1.29. The van der Waals surface area contributed by atoms with Gasteiger partial charge in [-0.25, -0.2) is 4.79 Å². The average molecular weight is 433 g/mol. The minimum atomic E-state index is -0.905. The molecule has 5 rings (SSSR count). The van der Waals surface area contributed by atoms with E-state index in [2.05, 4.69) is 15.4 Å². The first-order valence-corrected chi connectivity index (χ1v) is 10.0. The summed E-state index contributed by atoms with van der Waals surface area (Å²) in [6.07, 6.45) is -1.42. The molecule has 9 heteroatoms. The van der Waals surface area contributed by atoms with Crippen LogP contribution in [0, 0.1) is 6.92 Å². The van der Waals surface area contributed by atoms with E-state index >= 15 is 0 Å². The number of aromatic nitrogens is 3. The number of rotatable bonds is 5. The van der Waals surface area contributed by atoms with E-state index in [1.54, 1.807) is 32.0 Å². The fraction of sp³-hybridized carbons (Fsp3) is 0.217. The smallest absolute Gasteiger partial charge is 0.351 e. The molecule has 0 saturated heterocycles. The van der Waals surface area contributed by atoms with Gasteiger partial charge in [-0.2, -0.15) is 0 Å². The third-order valence-corrected chi connectivity index (χ3v) is 5.00. The molecular formula is C23H19N3O6. The van der Waals surface area contributed by atoms with Gasteiger partial charge in [0.15, 0.2) is 18.1 Å². The van der Waals surface area contributed by atoms with Crippen LogP contribution in [-0.4, -0.2) is 33.5 Å². The lowest BCUT2D eigenvalue weighted by atomic mass is 10.1. The molecule has 1 aliphatic heterocycles. The Kier molecular flexibility index (Phi) is 5.06. The van der Waals surface area contributed by atoms with Crippen molar-refractivity contribution in [3.8, 4) is 34.2 Å². The van der Waals surface area contributed by atoms with Gasteiger partial charge in [0.05, 0.1) is 0 Å². The van der Waals surface area contributed by atoms with Crippen molar-refractivity contribution in [1.29, 1.82) is 0 Å². The van der Waals surface area contributed by atoms with Crippen molar-refractivity contribution < 1.29 is 27.9 Å². The maximum Gasteiger partial charge on any atom is 0.351 e. The zero-order valence-electron chi connectivity index (χ0n) is 17.3.